The molecule has 0 bridgehead atoms. The summed E-state index contributed by atoms with van der Waals surface area (Å²) in [5.41, 5.74) is 0.878. The minimum Gasteiger partial charge on any atom is -0.497 e. The predicted octanol–water partition coefficient (Wildman–Crippen LogP) is 2.56. The van der Waals surface area contributed by atoms with Crippen molar-refractivity contribution in [1.29, 1.82) is 0 Å². The summed E-state index contributed by atoms with van der Waals surface area (Å²) in [6.45, 7) is 3.99. The molecule has 10 heteroatoms. The van der Waals surface area contributed by atoms with Crippen LogP contribution in [0.1, 0.15) is 49.0 Å². The van der Waals surface area contributed by atoms with E-state index in [1.807, 2.05) is 6.92 Å². The maximum absolute atomic E-state index is 13.3. The molecule has 2 aromatic rings. The fourth-order valence-electron chi connectivity index (χ4n) is 3.84. The average Bonchev–Trinajstić information content (AvgIpc) is 3.06. The van der Waals surface area contributed by atoms with Crippen molar-refractivity contribution in [3.63, 3.8) is 0 Å². The number of unbranched alkanes of at least 4 members (excludes halogenated alkanes) is 1. The summed E-state index contributed by atoms with van der Waals surface area (Å²) in [5.74, 6) is -0.717. The van der Waals surface area contributed by atoms with E-state index in [1.54, 1.807) is 50.4 Å². The Morgan fingerprint density at radius 1 is 1.11 bits per heavy atom. The highest BCUT2D eigenvalue weighted by Crippen LogP contribution is 2.30. The second kappa shape index (κ2) is 11.4. The molecule has 9 nitrogen and oxygen atoms in total. The fraction of sp³-hybridized carbons (Fsp3) is 0.400. The van der Waals surface area contributed by atoms with E-state index in [-0.39, 0.29) is 35.9 Å². The number of ether oxygens (including phenoxy) is 1. The van der Waals surface area contributed by atoms with Crippen LogP contribution in [0.4, 0.5) is 0 Å². The maximum Gasteiger partial charge on any atom is 0.269 e. The Labute approximate surface area is 206 Å². The van der Waals surface area contributed by atoms with Gasteiger partial charge in [-0.05, 0) is 43.2 Å². The van der Waals surface area contributed by atoms with Gasteiger partial charge >= 0.3 is 0 Å². The van der Waals surface area contributed by atoms with Crippen LogP contribution in [0.5, 0.6) is 5.75 Å². The van der Waals surface area contributed by atoms with Crippen LogP contribution in [0.25, 0.3) is 0 Å². The number of carbonyl (C=O) groups excluding carboxylic acids is 3. The van der Waals surface area contributed by atoms with Crippen LogP contribution < -0.4 is 10.1 Å². The predicted molar refractivity (Wildman–Crippen MR) is 130 cm³/mol. The van der Waals surface area contributed by atoms with Crippen molar-refractivity contribution in [2.24, 2.45) is 0 Å². The van der Waals surface area contributed by atoms with E-state index in [0.29, 0.717) is 12.3 Å². The van der Waals surface area contributed by atoms with Crippen molar-refractivity contribution in [2.45, 2.75) is 50.6 Å². The third kappa shape index (κ3) is 5.82. The SMILES string of the molecule is CCCCNC(=O)[C@H](C)N(Cc1ccc(OC)cc1)C(=O)CCN1C(=O)c2ccccc2S1(=O)=O. The summed E-state index contributed by atoms with van der Waals surface area (Å²) in [5, 5.41) is 2.84. The van der Waals surface area contributed by atoms with E-state index >= 15 is 0 Å². The van der Waals surface area contributed by atoms with Crippen molar-refractivity contribution >= 4 is 27.7 Å². The van der Waals surface area contributed by atoms with Crippen LogP contribution in [0.2, 0.25) is 0 Å². The van der Waals surface area contributed by atoms with Gasteiger partial charge in [0, 0.05) is 26.1 Å². The molecule has 0 saturated heterocycles. The molecule has 1 aliphatic rings. The Kier molecular flexibility index (Phi) is 8.50. The quantitative estimate of drug-likeness (QED) is 0.474. The molecule has 2 aromatic carbocycles. The average molecular weight is 502 g/mol. The monoisotopic (exact) mass is 501 g/mol. The third-order valence-electron chi connectivity index (χ3n) is 5.95. The molecule has 1 N–H and O–H groups in total. The van der Waals surface area contributed by atoms with Gasteiger partial charge in [0.25, 0.3) is 15.9 Å². The normalized spacial score (nSPS) is 14.8. The van der Waals surface area contributed by atoms with Crippen molar-refractivity contribution in [2.75, 3.05) is 20.2 Å². The largest absolute Gasteiger partial charge is 0.497 e. The van der Waals surface area contributed by atoms with Gasteiger partial charge in [0.05, 0.1) is 12.7 Å². The van der Waals surface area contributed by atoms with Gasteiger partial charge in [0.2, 0.25) is 11.8 Å². The molecular weight excluding hydrogens is 470 g/mol. The van der Waals surface area contributed by atoms with E-state index in [9.17, 15) is 22.8 Å². The molecule has 1 atom stereocenters. The van der Waals surface area contributed by atoms with Gasteiger partial charge in [0.1, 0.15) is 16.7 Å². The van der Waals surface area contributed by atoms with Gasteiger partial charge in [-0.3, -0.25) is 14.4 Å². The van der Waals surface area contributed by atoms with Gasteiger partial charge in [0.15, 0.2) is 0 Å². The molecule has 0 fully saturated rings. The Hall–Kier alpha value is -3.40. The van der Waals surface area contributed by atoms with Crippen LogP contribution in [0, 0.1) is 0 Å². The number of sulfonamides is 1. The van der Waals surface area contributed by atoms with Crippen LogP contribution >= 0.6 is 0 Å². The molecule has 1 heterocycles. The molecule has 1 aliphatic heterocycles. The first kappa shape index (κ1) is 26.2. The van der Waals surface area contributed by atoms with E-state index < -0.39 is 27.9 Å². The number of fused-ring (bicyclic) bond motifs is 1. The van der Waals surface area contributed by atoms with Gasteiger partial charge in [-0.2, -0.15) is 0 Å². The Morgan fingerprint density at radius 2 is 1.80 bits per heavy atom. The Morgan fingerprint density at radius 3 is 2.43 bits per heavy atom. The number of methoxy groups -OCH3 is 1. The van der Waals surface area contributed by atoms with E-state index in [4.69, 9.17) is 4.74 Å². The number of carbonyl (C=O) groups is 3. The smallest absolute Gasteiger partial charge is 0.269 e. The summed E-state index contributed by atoms with van der Waals surface area (Å²) in [7, 11) is -2.46. The number of nitrogens with one attached hydrogen (secondary N) is 1. The van der Waals surface area contributed by atoms with E-state index in [1.165, 1.54) is 17.0 Å². The van der Waals surface area contributed by atoms with Gasteiger partial charge in [-0.1, -0.05) is 37.6 Å². The molecular formula is C25H31N3O6S. The first-order valence-electron chi connectivity index (χ1n) is 11.6. The molecule has 3 rings (SSSR count). The molecule has 0 aromatic heterocycles. The van der Waals surface area contributed by atoms with Crippen molar-refractivity contribution in [3.8, 4) is 5.75 Å². The molecule has 0 radical (unpaired) electrons. The lowest BCUT2D eigenvalue weighted by Crippen LogP contribution is -2.48. The van der Waals surface area contributed by atoms with Crippen molar-refractivity contribution < 1.29 is 27.5 Å². The standard InChI is InChI=1S/C25H31N3O6S/c1-4-5-15-26-24(30)18(2)27(17-19-10-12-20(34-3)13-11-19)23(29)14-16-28-25(31)21-8-6-7-9-22(21)35(28,32)33/h6-13,18H,4-5,14-17H2,1-3H3,(H,26,30)/t18-/m0/s1. The van der Waals surface area contributed by atoms with E-state index in [2.05, 4.69) is 5.32 Å². The Bertz CT molecular complexity index is 1180. The first-order valence-corrected chi connectivity index (χ1v) is 13.0. The van der Waals surface area contributed by atoms with Crippen LogP contribution in [0.15, 0.2) is 53.4 Å². The minimum atomic E-state index is -4.02. The molecule has 0 saturated carbocycles. The highest BCUT2D eigenvalue weighted by molar-refractivity contribution is 7.90. The fourth-order valence-corrected chi connectivity index (χ4v) is 5.41. The first-order chi connectivity index (χ1) is 16.7. The van der Waals surface area contributed by atoms with Crippen molar-refractivity contribution in [3.05, 3.63) is 59.7 Å². The topological polar surface area (TPSA) is 113 Å². The second-order valence-corrected chi connectivity index (χ2v) is 10.1. The summed E-state index contributed by atoms with van der Waals surface area (Å²) in [6, 6.07) is 12.3. The molecule has 188 valence electrons. The zero-order valence-electron chi connectivity index (χ0n) is 20.2. The van der Waals surface area contributed by atoms with E-state index in [0.717, 1.165) is 22.7 Å². The molecule has 0 unspecified atom stereocenters. The highest BCUT2D eigenvalue weighted by atomic mass is 32.2. The van der Waals surface area contributed by atoms with Crippen LogP contribution in [-0.2, 0) is 26.2 Å². The van der Waals surface area contributed by atoms with Crippen molar-refractivity contribution in [1.82, 2.24) is 14.5 Å². The molecule has 35 heavy (non-hydrogen) atoms. The zero-order valence-corrected chi connectivity index (χ0v) is 21.0. The molecule has 0 aliphatic carbocycles. The summed E-state index contributed by atoms with van der Waals surface area (Å²) in [6.07, 6.45) is 1.49. The lowest BCUT2D eigenvalue weighted by atomic mass is 10.1. The number of hydrogen-bond acceptors (Lipinski definition) is 6. The van der Waals surface area contributed by atoms with Gasteiger partial charge in [-0.15, -0.1) is 0 Å². The highest BCUT2D eigenvalue weighted by Gasteiger charge is 2.41. The summed E-state index contributed by atoms with van der Waals surface area (Å²) in [4.78, 5) is 40.0. The lowest BCUT2D eigenvalue weighted by molar-refractivity contribution is -0.140. The lowest BCUT2D eigenvalue weighted by Gasteiger charge is -2.29. The van der Waals surface area contributed by atoms with Crippen LogP contribution in [0.3, 0.4) is 0 Å². The number of amides is 3. The maximum atomic E-state index is 13.3. The summed E-state index contributed by atoms with van der Waals surface area (Å²) >= 11 is 0. The third-order valence-corrected chi connectivity index (χ3v) is 7.79. The molecule has 3 amide bonds. The number of nitrogens with zero attached hydrogens (tertiary/aromatic N) is 2. The van der Waals surface area contributed by atoms with Gasteiger partial charge in [-0.25, -0.2) is 12.7 Å². The summed E-state index contributed by atoms with van der Waals surface area (Å²) < 4.78 is 31.5. The second-order valence-electron chi connectivity index (χ2n) is 8.32. The van der Waals surface area contributed by atoms with Crippen LogP contribution in [-0.4, -0.2) is 61.6 Å². The number of hydrogen-bond donors (Lipinski definition) is 1. The molecule has 0 spiro atoms. The minimum absolute atomic E-state index is 0.0591. The number of benzene rings is 2. The zero-order chi connectivity index (χ0) is 25.6. The Balaban J connectivity index is 1.76. The number of rotatable bonds is 11. The van der Waals surface area contributed by atoms with Gasteiger partial charge < -0.3 is 15.0 Å².